The number of rotatable bonds is 1. The van der Waals surface area contributed by atoms with Crippen LogP contribution in [0.2, 0.25) is 0 Å². The Bertz CT molecular complexity index is 466. The van der Waals surface area contributed by atoms with Gasteiger partial charge in [-0.15, -0.1) is 0 Å². The maximum atomic E-state index is 12.0. The first-order valence-corrected chi connectivity index (χ1v) is 6.54. The van der Waals surface area contributed by atoms with Gasteiger partial charge in [0.1, 0.15) is 0 Å². The fraction of sp³-hybridized carbons (Fsp3) is 0.533. The molecule has 0 aromatic heterocycles. The molecule has 1 heterocycles. The first-order valence-electron chi connectivity index (χ1n) is 6.54. The van der Waals surface area contributed by atoms with Crippen molar-refractivity contribution in [2.24, 2.45) is 11.8 Å². The van der Waals surface area contributed by atoms with Crippen LogP contribution in [0.25, 0.3) is 0 Å². The summed E-state index contributed by atoms with van der Waals surface area (Å²) in [6.07, 6.45) is 3.43. The van der Waals surface area contributed by atoms with E-state index in [4.69, 9.17) is 0 Å². The van der Waals surface area contributed by atoms with Gasteiger partial charge in [-0.3, -0.25) is 4.79 Å². The van der Waals surface area contributed by atoms with E-state index < -0.39 is 0 Å². The minimum absolute atomic E-state index is 0.0530. The third-order valence-corrected chi connectivity index (χ3v) is 4.54. The van der Waals surface area contributed by atoms with Crippen LogP contribution in [0.4, 0.5) is 0 Å². The quantitative estimate of drug-likeness (QED) is 0.787. The van der Waals surface area contributed by atoms with Crippen molar-refractivity contribution in [3.63, 3.8) is 0 Å². The third-order valence-electron chi connectivity index (χ3n) is 4.54. The number of fused-ring (bicyclic) bond motifs is 2. The predicted octanol–water partition coefficient (Wildman–Crippen LogP) is 3.08. The third kappa shape index (κ3) is 1.50. The van der Waals surface area contributed by atoms with Crippen molar-refractivity contribution >= 4 is 5.91 Å². The molecule has 1 aliphatic heterocycles. The maximum absolute atomic E-state index is 12.0. The summed E-state index contributed by atoms with van der Waals surface area (Å²) in [5.74, 6) is 1.56. The molecule has 1 aromatic rings. The van der Waals surface area contributed by atoms with Crippen LogP contribution in [0.5, 0.6) is 0 Å². The average Bonchev–Trinajstić information content (AvgIpc) is 2.85. The highest BCUT2D eigenvalue weighted by Crippen LogP contribution is 2.48. The largest absolute Gasteiger partial charge is 0.342 e. The van der Waals surface area contributed by atoms with Crippen molar-refractivity contribution in [2.75, 3.05) is 0 Å². The zero-order chi connectivity index (χ0) is 12.0. The van der Waals surface area contributed by atoms with Gasteiger partial charge >= 0.3 is 0 Å². The molecular formula is C15H19NO. The minimum Gasteiger partial charge on any atom is -0.342 e. The molecule has 1 aromatic carbocycles. The fourth-order valence-electron chi connectivity index (χ4n) is 3.46. The lowest BCUT2D eigenvalue weighted by molar-refractivity contribution is 0.0928. The molecule has 17 heavy (non-hydrogen) atoms. The summed E-state index contributed by atoms with van der Waals surface area (Å²) in [5.41, 5.74) is 2.06. The lowest BCUT2D eigenvalue weighted by atomic mass is 9.86. The Morgan fingerprint density at radius 2 is 2.12 bits per heavy atom. The second-order valence-corrected chi connectivity index (χ2v) is 5.83. The highest BCUT2D eigenvalue weighted by molar-refractivity contribution is 6.00. The Labute approximate surface area is 102 Å². The van der Waals surface area contributed by atoms with Gasteiger partial charge in [-0.1, -0.05) is 32.0 Å². The lowest BCUT2D eigenvalue weighted by Crippen LogP contribution is -2.37. The van der Waals surface area contributed by atoms with Crippen LogP contribution in [0, 0.1) is 11.8 Å². The minimum atomic E-state index is -0.0530. The van der Waals surface area contributed by atoms with E-state index in [0.29, 0.717) is 5.92 Å². The van der Waals surface area contributed by atoms with E-state index in [0.717, 1.165) is 24.3 Å². The van der Waals surface area contributed by atoms with E-state index in [1.807, 2.05) is 18.2 Å². The molecule has 0 unspecified atom stereocenters. The lowest BCUT2D eigenvalue weighted by Gasteiger charge is -2.26. The molecule has 1 spiro atoms. The highest BCUT2D eigenvalue weighted by atomic mass is 16.2. The number of benzene rings is 1. The van der Waals surface area contributed by atoms with E-state index in [2.05, 4.69) is 25.2 Å². The topological polar surface area (TPSA) is 29.1 Å². The van der Waals surface area contributed by atoms with Gasteiger partial charge in [-0.2, -0.15) is 0 Å². The summed E-state index contributed by atoms with van der Waals surface area (Å²) in [7, 11) is 0. The molecule has 3 rings (SSSR count). The molecular weight excluding hydrogens is 210 g/mol. The number of hydrogen-bond donors (Lipinski definition) is 1. The van der Waals surface area contributed by atoms with Gasteiger partial charge in [-0.25, -0.2) is 0 Å². The SMILES string of the molecule is CC(C)[C@H]1CC[C@@]2(C1)NC(=O)c1ccccc12. The van der Waals surface area contributed by atoms with Crippen molar-refractivity contribution in [2.45, 2.75) is 38.6 Å². The van der Waals surface area contributed by atoms with Crippen LogP contribution in [-0.4, -0.2) is 5.91 Å². The zero-order valence-corrected chi connectivity index (χ0v) is 10.5. The van der Waals surface area contributed by atoms with Crippen LogP contribution in [0.15, 0.2) is 24.3 Å². The van der Waals surface area contributed by atoms with Crippen LogP contribution >= 0.6 is 0 Å². The number of carbonyl (C=O) groups is 1. The molecule has 1 fully saturated rings. The van der Waals surface area contributed by atoms with E-state index in [1.165, 1.54) is 12.0 Å². The molecule has 1 saturated carbocycles. The molecule has 1 aliphatic carbocycles. The molecule has 2 atom stereocenters. The molecule has 0 radical (unpaired) electrons. The van der Waals surface area contributed by atoms with Gasteiger partial charge in [-0.05, 0) is 42.7 Å². The van der Waals surface area contributed by atoms with Crippen molar-refractivity contribution in [3.05, 3.63) is 35.4 Å². The zero-order valence-electron chi connectivity index (χ0n) is 10.5. The predicted molar refractivity (Wildman–Crippen MR) is 67.8 cm³/mol. The molecule has 1 N–H and O–H groups in total. The first kappa shape index (κ1) is 10.8. The summed E-state index contributed by atoms with van der Waals surface area (Å²) >= 11 is 0. The number of amides is 1. The van der Waals surface area contributed by atoms with Crippen LogP contribution in [0.3, 0.4) is 0 Å². The second kappa shape index (κ2) is 3.59. The van der Waals surface area contributed by atoms with E-state index in [-0.39, 0.29) is 11.4 Å². The van der Waals surface area contributed by atoms with E-state index >= 15 is 0 Å². The van der Waals surface area contributed by atoms with Crippen LogP contribution in [0.1, 0.15) is 49.0 Å². The Kier molecular flexibility index (Phi) is 2.29. The summed E-state index contributed by atoms with van der Waals surface area (Å²) < 4.78 is 0. The molecule has 90 valence electrons. The van der Waals surface area contributed by atoms with Crippen LogP contribution in [-0.2, 0) is 5.54 Å². The summed E-state index contributed by atoms with van der Waals surface area (Å²) in [5, 5.41) is 3.24. The smallest absolute Gasteiger partial charge is 0.252 e. The van der Waals surface area contributed by atoms with Gasteiger partial charge in [0.05, 0.1) is 5.54 Å². The Balaban J connectivity index is 1.99. The van der Waals surface area contributed by atoms with Gasteiger partial charge < -0.3 is 5.32 Å². The van der Waals surface area contributed by atoms with Crippen molar-refractivity contribution < 1.29 is 4.79 Å². The maximum Gasteiger partial charge on any atom is 0.252 e. The first-order chi connectivity index (χ1) is 8.12. The van der Waals surface area contributed by atoms with Crippen molar-refractivity contribution in [1.82, 2.24) is 5.32 Å². The summed E-state index contributed by atoms with van der Waals surface area (Å²) in [6, 6.07) is 8.06. The number of hydrogen-bond acceptors (Lipinski definition) is 1. The molecule has 2 aliphatic rings. The summed E-state index contributed by atoms with van der Waals surface area (Å²) in [4.78, 5) is 12.0. The molecule has 1 amide bonds. The van der Waals surface area contributed by atoms with Gasteiger partial charge in [0.25, 0.3) is 5.91 Å². The second-order valence-electron chi connectivity index (χ2n) is 5.83. The molecule has 0 saturated heterocycles. The van der Waals surface area contributed by atoms with Crippen LogP contribution < -0.4 is 5.32 Å². The Hall–Kier alpha value is -1.31. The van der Waals surface area contributed by atoms with Gasteiger partial charge in [0.2, 0.25) is 0 Å². The Morgan fingerprint density at radius 1 is 1.35 bits per heavy atom. The van der Waals surface area contributed by atoms with E-state index in [1.54, 1.807) is 0 Å². The molecule has 2 heteroatoms. The van der Waals surface area contributed by atoms with Crippen molar-refractivity contribution in [1.29, 1.82) is 0 Å². The Morgan fingerprint density at radius 3 is 2.82 bits per heavy atom. The number of carbonyl (C=O) groups excluding carboxylic acids is 1. The number of nitrogens with one attached hydrogen (secondary N) is 1. The normalized spacial score (nSPS) is 31.0. The fourth-order valence-corrected chi connectivity index (χ4v) is 3.46. The standard InChI is InChI=1S/C15H19NO/c1-10(2)11-7-8-15(9-11)13-6-4-3-5-12(13)14(17)16-15/h3-6,10-11H,7-9H2,1-2H3,(H,16,17)/t11-,15-/m0/s1. The molecule has 2 nitrogen and oxygen atoms in total. The van der Waals surface area contributed by atoms with E-state index in [9.17, 15) is 4.79 Å². The van der Waals surface area contributed by atoms with Gasteiger partial charge in [0.15, 0.2) is 0 Å². The molecule has 0 bridgehead atoms. The van der Waals surface area contributed by atoms with Crippen molar-refractivity contribution in [3.8, 4) is 0 Å². The average molecular weight is 229 g/mol. The highest BCUT2D eigenvalue weighted by Gasteiger charge is 2.47. The monoisotopic (exact) mass is 229 g/mol. The summed E-state index contributed by atoms with van der Waals surface area (Å²) in [6.45, 7) is 4.57. The van der Waals surface area contributed by atoms with Gasteiger partial charge in [0, 0.05) is 5.56 Å².